The zero-order chi connectivity index (χ0) is 21.7. The Balaban J connectivity index is 1.25. The maximum Gasteiger partial charge on any atom is 0.151 e. The largest absolute Gasteiger partial charge is 0.491 e. The van der Waals surface area contributed by atoms with Crippen LogP contribution in [0.5, 0.6) is 5.75 Å². The minimum absolute atomic E-state index is 0.0741. The Morgan fingerprint density at radius 3 is 2.72 bits per heavy atom. The molecule has 32 heavy (non-hydrogen) atoms. The van der Waals surface area contributed by atoms with Crippen LogP contribution in [0, 0.1) is 5.92 Å². The first kappa shape index (κ1) is 20.0. The average molecular weight is 433 g/mol. The summed E-state index contributed by atoms with van der Waals surface area (Å²) in [5, 5.41) is 0. The minimum Gasteiger partial charge on any atom is -0.491 e. The summed E-state index contributed by atoms with van der Waals surface area (Å²) in [7, 11) is 0. The Morgan fingerprint density at radius 2 is 1.97 bits per heavy atom. The summed E-state index contributed by atoms with van der Waals surface area (Å²) in [4.78, 5) is 11.3. The van der Waals surface area contributed by atoms with Crippen LogP contribution in [0.15, 0.2) is 42.7 Å². The monoisotopic (exact) mass is 432 g/mol. The standard InChI is InChI=1S/C26H32N4O2/c1-17-5-7-18(8-6-17)22-14-30(24-23(22)28-16-29-25(24)27)19-3-2-4-21(13-19)31-15-26-11-9-20(32-26)10-12-26/h2-4,13,16,18,20,22H,1,5-12,14-15H2,(H2,27,28,29). The third-order valence-corrected chi connectivity index (χ3v) is 8.08. The van der Waals surface area contributed by atoms with Crippen LogP contribution in [0.1, 0.15) is 63.0 Å². The molecule has 6 nitrogen and oxygen atoms in total. The molecule has 6 rings (SSSR count). The number of nitrogens with two attached hydrogens (primary N) is 1. The second-order valence-electron chi connectivity index (χ2n) is 10.1. The minimum atomic E-state index is -0.0741. The molecule has 2 aromatic rings. The number of aromatic nitrogens is 2. The molecule has 4 aliphatic rings. The number of rotatable bonds is 5. The van der Waals surface area contributed by atoms with Crippen LogP contribution in [0.2, 0.25) is 0 Å². The molecule has 0 radical (unpaired) electrons. The van der Waals surface area contributed by atoms with Crippen molar-refractivity contribution in [3.8, 4) is 5.75 Å². The number of nitrogen functional groups attached to an aromatic ring is 1. The Labute approximate surface area is 189 Å². The van der Waals surface area contributed by atoms with Gasteiger partial charge in [0.25, 0.3) is 0 Å². The molecule has 1 unspecified atom stereocenters. The molecular weight excluding hydrogens is 400 g/mol. The van der Waals surface area contributed by atoms with Gasteiger partial charge in [-0.05, 0) is 69.4 Å². The Kier molecular flexibility index (Phi) is 4.86. The number of hydrogen-bond donors (Lipinski definition) is 1. The van der Waals surface area contributed by atoms with E-state index in [-0.39, 0.29) is 5.60 Å². The predicted molar refractivity (Wildman–Crippen MR) is 125 cm³/mol. The molecule has 2 bridgehead atoms. The van der Waals surface area contributed by atoms with Gasteiger partial charge < -0.3 is 20.1 Å². The molecule has 1 saturated carbocycles. The highest BCUT2D eigenvalue weighted by atomic mass is 16.6. The van der Waals surface area contributed by atoms with E-state index in [1.165, 1.54) is 31.3 Å². The summed E-state index contributed by atoms with van der Waals surface area (Å²) in [5.74, 6) is 2.41. The highest BCUT2D eigenvalue weighted by Crippen LogP contribution is 2.49. The molecule has 4 heterocycles. The van der Waals surface area contributed by atoms with E-state index in [2.05, 4.69) is 34.7 Å². The fourth-order valence-electron chi connectivity index (χ4n) is 6.23. The molecular formula is C26H32N4O2. The number of nitrogens with zero attached hydrogens (tertiary/aromatic N) is 3. The average Bonchev–Trinajstić information content (AvgIpc) is 3.53. The number of ether oxygens (including phenoxy) is 2. The van der Waals surface area contributed by atoms with Crippen LogP contribution in [-0.2, 0) is 4.74 Å². The van der Waals surface area contributed by atoms with Crippen molar-refractivity contribution in [3.63, 3.8) is 0 Å². The van der Waals surface area contributed by atoms with Crippen LogP contribution in [0.25, 0.3) is 0 Å². The van der Waals surface area contributed by atoms with Crippen molar-refractivity contribution >= 4 is 17.2 Å². The number of benzene rings is 1. The van der Waals surface area contributed by atoms with Crippen LogP contribution in [0.4, 0.5) is 17.2 Å². The molecule has 0 amide bonds. The third kappa shape index (κ3) is 3.45. The third-order valence-electron chi connectivity index (χ3n) is 8.08. The predicted octanol–water partition coefficient (Wildman–Crippen LogP) is 5.13. The van der Waals surface area contributed by atoms with E-state index in [9.17, 15) is 0 Å². The SMILES string of the molecule is C=C1CCC(C2CN(c3cccc(OCC45CCC(CC4)O5)c3)c3c(N)ncnc32)CC1. The fourth-order valence-corrected chi connectivity index (χ4v) is 6.23. The van der Waals surface area contributed by atoms with Gasteiger partial charge in [0.1, 0.15) is 30.0 Å². The Morgan fingerprint density at radius 1 is 1.16 bits per heavy atom. The molecule has 1 aromatic heterocycles. The number of fused-ring (bicyclic) bond motifs is 3. The second-order valence-corrected chi connectivity index (χ2v) is 10.1. The van der Waals surface area contributed by atoms with Gasteiger partial charge in [0.05, 0.1) is 11.8 Å². The van der Waals surface area contributed by atoms with Crippen LogP contribution < -0.4 is 15.4 Å². The van der Waals surface area contributed by atoms with Gasteiger partial charge in [-0.1, -0.05) is 18.2 Å². The van der Waals surface area contributed by atoms with Gasteiger partial charge in [0, 0.05) is 24.2 Å². The lowest BCUT2D eigenvalue weighted by molar-refractivity contribution is -0.0198. The van der Waals surface area contributed by atoms with Crippen molar-refractivity contribution in [1.29, 1.82) is 0 Å². The normalized spacial score (nSPS) is 29.5. The Bertz CT molecular complexity index is 1020. The van der Waals surface area contributed by atoms with Crippen LogP contribution in [0.3, 0.4) is 0 Å². The van der Waals surface area contributed by atoms with E-state index < -0.39 is 0 Å². The number of anilines is 3. The number of allylic oxidation sites excluding steroid dienone is 1. The highest BCUT2D eigenvalue weighted by molar-refractivity contribution is 5.78. The van der Waals surface area contributed by atoms with Crippen LogP contribution in [-0.4, -0.2) is 34.8 Å². The molecule has 168 valence electrons. The zero-order valence-electron chi connectivity index (χ0n) is 18.6. The molecule has 6 heteroatoms. The van der Waals surface area contributed by atoms with E-state index in [1.54, 1.807) is 6.33 Å². The van der Waals surface area contributed by atoms with Crippen molar-refractivity contribution in [2.45, 2.75) is 69.0 Å². The van der Waals surface area contributed by atoms with E-state index in [1.807, 2.05) is 6.07 Å². The zero-order valence-corrected chi connectivity index (χ0v) is 18.6. The highest BCUT2D eigenvalue weighted by Gasteiger charge is 2.46. The quantitative estimate of drug-likeness (QED) is 0.660. The summed E-state index contributed by atoms with van der Waals surface area (Å²) in [6, 6.07) is 8.35. The second kappa shape index (κ2) is 7.77. The molecule has 3 aliphatic heterocycles. The molecule has 2 saturated heterocycles. The van der Waals surface area contributed by atoms with Crippen molar-refractivity contribution in [3.05, 3.63) is 48.4 Å². The summed E-state index contributed by atoms with van der Waals surface area (Å²) in [6.07, 6.45) is 11.2. The van der Waals surface area contributed by atoms with Crippen molar-refractivity contribution in [2.75, 3.05) is 23.8 Å². The van der Waals surface area contributed by atoms with Gasteiger partial charge >= 0.3 is 0 Å². The van der Waals surface area contributed by atoms with Gasteiger partial charge in [0.15, 0.2) is 5.82 Å². The molecule has 1 aliphatic carbocycles. The summed E-state index contributed by atoms with van der Waals surface area (Å²) in [6.45, 7) is 5.70. The van der Waals surface area contributed by atoms with E-state index >= 15 is 0 Å². The lowest BCUT2D eigenvalue weighted by Gasteiger charge is -2.29. The number of hydrogen-bond acceptors (Lipinski definition) is 6. The van der Waals surface area contributed by atoms with Crippen molar-refractivity contribution in [1.82, 2.24) is 9.97 Å². The fraction of sp³-hybridized carbons (Fsp3) is 0.538. The summed E-state index contributed by atoms with van der Waals surface area (Å²) >= 11 is 0. The van der Waals surface area contributed by atoms with Crippen LogP contribution >= 0.6 is 0 Å². The maximum atomic E-state index is 6.38. The molecule has 1 atom stereocenters. The molecule has 2 N–H and O–H groups in total. The Hall–Kier alpha value is -2.60. The van der Waals surface area contributed by atoms with Gasteiger partial charge in [-0.25, -0.2) is 9.97 Å². The van der Waals surface area contributed by atoms with E-state index in [4.69, 9.17) is 20.2 Å². The summed E-state index contributed by atoms with van der Waals surface area (Å²) < 4.78 is 12.4. The first-order valence-electron chi connectivity index (χ1n) is 12.1. The summed E-state index contributed by atoms with van der Waals surface area (Å²) in [5.41, 5.74) is 10.8. The lowest BCUT2D eigenvalue weighted by Crippen LogP contribution is -2.32. The van der Waals surface area contributed by atoms with Gasteiger partial charge in [-0.2, -0.15) is 0 Å². The first-order valence-corrected chi connectivity index (χ1v) is 12.1. The van der Waals surface area contributed by atoms with Crippen molar-refractivity contribution in [2.24, 2.45) is 5.92 Å². The maximum absolute atomic E-state index is 6.38. The smallest absolute Gasteiger partial charge is 0.151 e. The van der Waals surface area contributed by atoms with Crippen molar-refractivity contribution < 1.29 is 9.47 Å². The molecule has 1 aromatic carbocycles. The molecule has 0 spiro atoms. The first-order chi connectivity index (χ1) is 15.6. The van der Waals surface area contributed by atoms with E-state index in [0.717, 1.165) is 55.0 Å². The topological polar surface area (TPSA) is 73.5 Å². The van der Waals surface area contributed by atoms with Gasteiger partial charge in [0.2, 0.25) is 0 Å². The van der Waals surface area contributed by atoms with E-state index in [0.29, 0.717) is 30.4 Å². The van der Waals surface area contributed by atoms with Gasteiger partial charge in [-0.15, -0.1) is 0 Å². The molecule has 3 fully saturated rings. The lowest BCUT2D eigenvalue weighted by atomic mass is 9.78. The van der Waals surface area contributed by atoms with Gasteiger partial charge in [-0.3, -0.25) is 0 Å².